The molecule has 0 fully saturated rings. The van der Waals surface area contributed by atoms with Crippen LogP contribution in [0.5, 0.6) is 0 Å². The van der Waals surface area contributed by atoms with Crippen LogP contribution >= 0.6 is 0 Å². The van der Waals surface area contributed by atoms with Crippen LogP contribution in [-0.4, -0.2) is 37.2 Å². The number of rotatable bonds is 59. The molecule has 0 spiro atoms. The Labute approximate surface area is 494 Å². The van der Waals surface area contributed by atoms with Crippen LogP contribution in [0, 0.1) is 0 Å². The number of carbonyl (C=O) groups is 3. The molecule has 6 nitrogen and oxygen atoms in total. The minimum Gasteiger partial charge on any atom is -0.462 e. The maximum absolute atomic E-state index is 12.9. The van der Waals surface area contributed by atoms with Gasteiger partial charge in [0.25, 0.3) is 0 Å². The molecular formula is C74H122O6. The first-order chi connectivity index (χ1) is 39.5. The van der Waals surface area contributed by atoms with E-state index >= 15 is 0 Å². The van der Waals surface area contributed by atoms with Crippen LogP contribution in [0.15, 0.2) is 134 Å². The van der Waals surface area contributed by atoms with Gasteiger partial charge in [0.2, 0.25) is 0 Å². The summed E-state index contributed by atoms with van der Waals surface area (Å²) in [7, 11) is 0. The summed E-state index contributed by atoms with van der Waals surface area (Å²) < 4.78 is 16.9. The molecule has 0 amide bonds. The number of hydrogen-bond donors (Lipinski definition) is 0. The molecule has 1 unspecified atom stereocenters. The van der Waals surface area contributed by atoms with E-state index in [4.69, 9.17) is 14.2 Å². The standard InChI is InChI=1S/C74H122O6/c1-4-7-10-13-16-19-22-25-28-31-33-35-36-37-38-40-41-43-46-49-52-55-58-61-64-67-73(76)79-70-71(69-78-72(75)66-63-60-57-54-51-48-45-30-27-24-21-18-15-12-9-6-3)80-74(77)68-65-62-59-56-53-50-47-44-42-39-34-32-29-26-23-20-17-14-11-8-5-2/h7-8,10-11,16-17,19-21,24-26,28-30,33-35,39,44-45,47,71H,4-6,9,12-15,18,22-23,27,31-32,36-38,40-43,46,48-70H2,1-3H3/b10-7-,11-8-,19-16-,20-17-,24-21-,28-25-,29-26-,35-33-,39-34-,45-30-,47-44-. The van der Waals surface area contributed by atoms with Crippen molar-refractivity contribution < 1.29 is 28.6 Å². The van der Waals surface area contributed by atoms with Gasteiger partial charge in [0, 0.05) is 19.3 Å². The average Bonchev–Trinajstić information content (AvgIpc) is 3.46. The van der Waals surface area contributed by atoms with Crippen molar-refractivity contribution >= 4 is 17.9 Å². The van der Waals surface area contributed by atoms with E-state index < -0.39 is 6.10 Å². The molecular weight excluding hydrogens is 985 g/mol. The molecule has 454 valence electrons. The van der Waals surface area contributed by atoms with Crippen molar-refractivity contribution in [2.24, 2.45) is 0 Å². The third-order valence-corrected chi connectivity index (χ3v) is 13.9. The molecule has 0 aromatic rings. The molecule has 0 aromatic heterocycles. The van der Waals surface area contributed by atoms with Gasteiger partial charge in [-0.1, -0.05) is 276 Å². The highest BCUT2D eigenvalue weighted by Crippen LogP contribution is 2.16. The van der Waals surface area contributed by atoms with Crippen LogP contribution in [-0.2, 0) is 28.6 Å². The number of unbranched alkanes of at least 4 members (excludes halogenated alkanes) is 26. The van der Waals surface area contributed by atoms with Gasteiger partial charge in [-0.05, 0) is 135 Å². The van der Waals surface area contributed by atoms with E-state index in [0.717, 1.165) is 161 Å². The summed E-state index contributed by atoms with van der Waals surface area (Å²) in [6.45, 7) is 6.38. The van der Waals surface area contributed by atoms with E-state index in [2.05, 4.69) is 154 Å². The molecule has 0 saturated heterocycles. The maximum Gasteiger partial charge on any atom is 0.306 e. The second kappa shape index (κ2) is 67.1. The summed E-state index contributed by atoms with van der Waals surface area (Å²) in [5, 5.41) is 0. The Bertz CT molecular complexity index is 1700. The molecule has 0 aromatic carbocycles. The Morgan fingerprint density at radius 1 is 0.263 bits per heavy atom. The SMILES string of the molecule is CC/C=C\C/C=C\C/C=C\C/C=C\C/C=C\CCCCCCCC(=O)OC(COC(=O)CCCCCCC/C=C\C/C=C\CCCCCC)COC(=O)CCCCCCCCCCCCCC/C=C\C/C=C\C/C=C\C/C=C\CC. The van der Waals surface area contributed by atoms with E-state index in [0.29, 0.717) is 19.3 Å². The lowest BCUT2D eigenvalue weighted by molar-refractivity contribution is -0.167. The van der Waals surface area contributed by atoms with Gasteiger partial charge in [0.05, 0.1) is 0 Å². The van der Waals surface area contributed by atoms with Crippen molar-refractivity contribution in [2.45, 2.75) is 303 Å². The molecule has 0 N–H and O–H groups in total. The second-order valence-electron chi connectivity index (χ2n) is 21.6. The summed E-state index contributed by atoms with van der Waals surface area (Å²) in [4.78, 5) is 38.4. The highest BCUT2D eigenvalue weighted by atomic mass is 16.6. The fourth-order valence-corrected chi connectivity index (χ4v) is 8.96. The second-order valence-corrected chi connectivity index (χ2v) is 21.6. The van der Waals surface area contributed by atoms with Crippen LogP contribution in [0.3, 0.4) is 0 Å². The minimum atomic E-state index is -0.802. The van der Waals surface area contributed by atoms with Crippen molar-refractivity contribution in [3.8, 4) is 0 Å². The Morgan fingerprint density at radius 2 is 0.487 bits per heavy atom. The van der Waals surface area contributed by atoms with Crippen LogP contribution < -0.4 is 0 Å². The van der Waals surface area contributed by atoms with Crippen molar-refractivity contribution in [1.29, 1.82) is 0 Å². The molecule has 0 heterocycles. The van der Waals surface area contributed by atoms with Crippen LogP contribution in [0.1, 0.15) is 297 Å². The zero-order chi connectivity index (χ0) is 57.8. The Hall–Kier alpha value is -4.45. The first-order valence-electron chi connectivity index (χ1n) is 33.2. The molecule has 80 heavy (non-hydrogen) atoms. The zero-order valence-corrected chi connectivity index (χ0v) is 52.0. The maximum atomic E-state index is 12.9. The first-order valence-corrected chi connectivity index (χ1v) is 33.2. The molecule has 0 aliphatic heterocycles. The van der Waals surface area contributed by atoms with Gasteiger partial charge in [-0.25, -0.2) is 0 Å². The van der Waals surface area contributed by atoms with Gasteiger partial charge in [0.1, 0.15) is 13.2 Å². The lowest BCUT2D eigenvalue weighted by Gasteiger charge is -2.18. The third kappa shape index (κ3) is 64.4. The Morgan fingerprint density at radius 3 is 0.762 bits per heavy atom. The van der Waals surface area contributed by atoms with Crippen molar-refractivity contribution in [1.82, 2.24) is 0 Å². The molecule has 1 atom stereocenters. The molecule has 0 aliphatic carbocycles. The van der Waals surface area contributed by atoms with Crippen LogP contribution in [0.25, 0.3) is 0 Å². The number of esters is 3. The molecule has 0 radical (unpaired) electrons. The predicted molar refractivity (Wildman–Crippen MR) is 348 cm³/mol. The number of carbonyl (C=O) groups excluding carboxylic acids is 3. The normalized spacial score (nSPS) is 13.0. The van der Waals surface area contributed by atoms with Gasteiger partial charge >= 0.3 is 17.9 Å². The number of ether oxygens (including phenoxy) is 3. The molecule has 0 bridgehead atoms. The highest BCUT2D eigenvalue weighted by molar-refractivity contribution is 5.71. The summed E-state index contributed by atoms with van der Waals surface area (Å²) in [6, 6.07) is 0. The summed E-state index contributed by atoms with van der Waals surface area (Å²) >= 11 is 0. The van der Waals surface area contributed by atoms with Crippen LogP contribution in [0.2, 0.25) is 0 Å². The minimum absolute atomic E-state index is 0.0945. The monoisotopic (exact) mass is 1110 g/mol. The zero-order valence-electron chi connectivity index (χ0n) is 52.0. The smallest absolute Gasteiger partial charge is 0.306 e. The lowest BCUT2D eigenvalue weighted by Crippen LogP contribution is -2.30. The first kappa shape index (κ1) is 75.5. The molecule has 0 rings (SSSR count). The number of hydrogen-bond acceptors (Lipinski definition) is 6. The average molecular weight is 1110 g/mol. The quantitative estimate of drug-likeness (QED) is 0.0261. The Balaban J connectivity index is 4.42. The van der Waals surface area contributed by atoms with Crippen molar-refractivity contribution in [2.75, 3.05) is 13.2 Å². The topological polar surface area (TPSA) is 78.9 Å². The fourth-order valence-electron chi connectivity index (χ4n) is 8.96. The molecule has 6 heteroatoms. The van der Waals surface area contributed by atoms with E-state index in [1.54, 1.807) is 0 Å². The third-order valence-electron chi connectivity index (χ3n) is 13.9. The summed E-state index contributed by atoms with van der Waals surface area (Å²) in [5.41, 5.74) is 0. The Kier molecular flexibility index (Phi) is 63.3. The van der Waals surface area contributed by atoms with E-state index in [1.165, 1.54) is 96.3 Å². The largest absolute Gasteiger partial charge is 0.462 e. The summed E-state index contributed by atoms with van der Waals surface area (Å²) in [6.07, 6.45) is 94.5. The fraction of sp³-hybridized carbons (Fsp3) is 0.662. The van der Waals surface area contributed by atoms with Gasteiger partial charge < -0.3 is 14.2 Å². The lowest BCUT2D eigenvalue weighted by atomic mass is 10.0. The highest BCUT2D eigenvalue weighted by Gasteiger charge is 2.19. The molecule has 0 saturated carbocycles. The van der Waals surface area contributed by atoms with Gasteiger partial charge in [-0.3, -0.25) is 14.4 Å². The predicted octanol–water partition coefficient (Wildman–Crippen LogP) is 22.9. The molecule has 0 aliphatic rings. The van der Waals surface area contributed by atoms with E-state index in [-0.39, 0.29) is 31.1 Å². The van der Waals surface area contributed by atoms with Gasteiger partial charge in [-0.15, -0.1) is 0 Å². The van der Waals surface area contributed by atoms with Gasteiger partial charge in [-0.2, -0.15) is 0 Å². The van der Waals surface area contributed by atoms with Crippen molar-refractivity contribution in [3.05, 3.63) is 134 Å². The summed E-state index contributed by atoms with van der Waals surface area (Å²) in [5.74, 6) is -0.924. The van der Waals surface area contributed by atoms with E-state index in [9.17, 15) is 14.4 Å². The number of allylic oxidation sites excluding steroid dienone is 22. The van der Waals surface area contributed by atoms with Crippen molar-refractivity contribution in [3.63, 3.8) is 0 Å². The van der Waals surface area contributed by atoms with E-state index in [1.807, 2.05) is 0 Å². The van der Waals surface area contributed by atoms with Crippen LogP contribution in [0.4, 0.5) is 0 Å². The van der Waals surface area contributed by atoms with Gasteiger partial charge in [0.15, 0.2) is 6.10 Å².